The van der Waals surface area contributed by atoms with Crippen LogP contribution in [0, 0.1) is 5.41 Å². The Morgan fingerprint density at radius 2 is 1.95 bits per heavy atom. The van der Waals surface area contributed by atoms with Crippen molar-refractivity contribution in [3.63, 3.8) is 0 Å². The number of nitrogens with zero attached hydrogens (tertiary/aromatic N) is 1. The molecule has 2 aliphatic rings. The average Bonchev–Trinajstić information content (AvgIpc) is 2.91. The number of amides is 1. The van der Waals surface area contributed by atoms with E-state index in [9.17, 15) is 14.7 Å². The fraction of sp³-hybridized carbons (Fsp3) is 0.500. The lowest BCUT2D eigenvalue weighted by molar-refractivity contribution is -0.153. The van der Waals surface area contributed by atoms with Crippen LogP contribution in [0.15, 0.2) is 24.3 Å². The molecule has 0 saturated carbocycles. The minimum Gasteiger partial charge on any atom is -0.481 e. The fourth-order valence-corrected chi connectivity index (χ4v) is 3.10. The van der Waals surface area contributed by atoms with Crippen molar-refractivity contribution in [2.75, 3.05) is 18.4 Å². The molecule has 1 atom stereocenters. The molecule has 2 heterocycles. The number of hydrogen-bond donors (Lipinski definition) is 2. The van der Waals surface area contributed by atoms with E-state index in [1.807, 2.05) is 24.3 Å². The largest absolute Gasteiger partial charge is 0.481 e. The second-order valence-corrected chi connectivity index (χ2v) is 6.25. The number of likely N-dealkylation sites (tertiary alicyclic amines) is 1. The van der Waals surface area contributed by atoms with Crippen LogP contribution in [0.1, 0.15) is 25.3 Å². The van der Waals surface area contributed by atoms with Gasteiger partial charge in [-0.25, -0.2) is 0 Å². The molecule has 1 aromatic carbocycles. The highest BCUT2D eigenvalue weighted by atomic mass is 16.4. The van der Waals surface area contributed by atoms with Gasteiger partial charge in [0.1, 0.15) is 6.04 Å². The Morgan fingerprint density at radius 3 is 2.57 bits per heavy atom. The van der Waals surface area contributed by atoms with E-state index >= 15 is 0 Å². The minimum atomic E-state index is -0.763. The number of rotatable bonds is 2. The van der Waals surface area contributed by atoms with Gasteiger partial charge >= 0.3 is 5.97 Å². The quantitative estimate of drug-likeness (QED) is 0.869. The zero-order valence-electron chi connectivity index (χ0n) is 12.1. The Balaban J connectivity index is 1.63. The summed E-state index contributed by atoms with van der Waals surface area (Å²) >= 11 is 0. The zero-order chi connectivity index (χ0) is 15.0. The number of nitrogens with one attached hydrogen (secondary N) is 1. The molecule has 0 aromatic heterocycles. The number of anilines is 1. The monoisotopic (exact) mass is 288 g/mol. The lowest BCUT2D eigenvalue weighted by Gasteiger charge is -2.37. The number of aliphatic carboxylic acids is 1. The van der Waals surface area contributed by atoms with E-state index in [0.717, 1.165) is 5.69 Å². The molecule has 5 nitrogen and oxygen atoms in total. The van der Waals surface area contributed by atoms with Gasteiger partial charge in [-0.2, -0.15) is 0 Å². The van der Waals surface area contributed by atoms with Crippen molar-refractivity contribution in [2.24, 2.45) is 5.41 Å². The van der Waals surface area contributed by atoms with E-state index < -0.39 is 11.4 Å². The van der Waals surface area contributed by atoms with Crippen molar-refractivity contribution in [1.82, 2.24) is 4.90 Å². The van der Waals surface area contributed by atoms with Crippen LogP contribution in [-0.4, -0.2) is 41.0 Å². The third-order valence-electron chi connectivity index (χ3n) is 4.76. The lowest BCUT2D eigenvalue weighted by atomic mass is 9.80. The number of carboxylic acids is 1. The molecule has 1 saturated heterocycles. The maximum Gasteiger partial charge on any atom is 0.309 e. The van der Waals surface area contributed by atoms with E-state index in [1.165, 1.54) is 5.56 Å². The number of benzene rings is 1. The predicted molar refractivity (Wildman–Crippen MR) is 79.1 cm³/mol. The number of hydrogen-bond acceptors (Lipinski definition) is 3. The molecule has 1 fully saturated rings. The van der Waals surface area contributed by atoms with Crippen molar-refractivity contribution < 1.29 is 14.7 Å². The maximum atomic E-state index is 12.6. The summed E-state index contributed by atoms with van der Waals surface area (Å²) in [5, 5.41) is 12.5. The molecule has 2 aliphatic heterocycles. The molecule has 0 bridgehead atoms. The van der Waals surface area contributed by atoms with Gasteiger partial charge in [0, 0.05) is 25.2 Å². The van der Waals surface area contributed by atoms with E-state index in [1.54, 1.807) is 11.8 Å². The zero-order valence-corrected chi connectivity index (χ0v) is 12.1. The average molecular weight is 288 g/mol. The summed E-state index contributed by atoms with van der Waals surface area (Å²) in [7, 11) is 0. The van der Waals surface area contributed by atoms with Crippen LogP contribution < -0.4 is 5.32 Å². The summed E-state index contributed by atoms with van der Waals surface area (Å²) in [5.41, 5.74) is 1.51. The Morgan fingerprint density at radius 1 is 1.29 bits per heavy atom. The normalized spacial score (nSPS) is 23.3. The van der Waals surface area contributed by atoms with Crippen molar-refractivity contribution in [1.29, 1.82) is 0 Å². The Kier molecular flexibility index (Phi) is 3.35. The van der Waals surface area contributed by atoms with Gasteiger partial charge in [0.2, 0.25) is 5.91 Å². The smallest absolute Gasteiger partial charge is 0.309 e. The van der Waals surface area contributed by atoms with E-state index in [0.29, 0.717) is 32.4 Å². The predicted octanol–water partition coefficient (Wildman–Crippen LogP) is 1.74. The van der Waals surface area contributed by atoms with Crippen LogP contribution in [-0.2, 0) is 16.0 Å². The summed E-state index contributed by atoms with van der Waals surface area (Å²) in [6.07, 6.45) is 1.75. The standard InChI is InChI=1S/C16H20N2O3/c1-16(15(20)21)6-8-18(9-7-16)14(19)13-10-11-4-2-3-5-12(11)17-13/h2-5,13,17H,6-10H2,1H3,(H,20,21). The third-order valence-corrected chi connectivity index (χ3v) is 4.76. The first-order valence-corrected chi connectivity index (χ1v) is 7.36. The Bertz CT molecular complexity index is 552. The molecule has 1 aromatic rings. The summed E-state index contributed by atoms with van der Waals surface area (Å²) in [6.45, 7) is 2.81. The lowest BCUT2D eigenvalue weighted by Crippen LogP contribution is -2.49. The summed E-state index contributed by atoms with van der Waals surface area (Å²) in [6, 6.07) is 7.74. The van der Waals surface area contributed by atoms with E-state index in [2.05, 4.69) is 5.32 Å². The number of piperidine rings is 1. The highest BCUT2D eigenvalue weighted by molar-refractivity contribution is 5.87. The van der Waals surface area contributed by atoms with Crippen molar-refractivity contribution in [3.05, 3.63) is 29.8 Å². The summed E-state index contributed by atoms with van der Waals surface area (Å²) in [5.74, 6) is -0.681. The number of carbonyl (C=O) groups is 2. The molecule has 1 unspecified atom stereocenters. The second-order valence-electron chi connectivity index (χ2n) is 6.25. The Hall–Kier alpha value is -2.04. The van der Waals surface area contributed by atoms with Gasteiger partial charge in [-0.1, -0.05) is 18.2 Å². The van der Waals surface area contributed by atoms with Gasteiger partial charge in [-0.3, -0.25) is 9.59 Å². The highest BCUT2D eigenvalue weighted by Crippen LogP contribution is 2.32. The highest BCUT2D eigenvalue weighted by Gasteiger charge is 2.39. The number of carbonyl (C=O) groups excluding carboxylic acids is 1. The second kappa shape index (κ2) is 5.06. The Labute approximate surface area is 123 Å². The van der Waals surface area contributed by atoms with Crippen LogP contribution in [0.5, 0.6) is 0 Å². The molecule has 0 aliphatic carbocycles. The summed E-state index contributed by atoms with van der Waals surface area (Å²) < 4.78 is 0. The molecule has 3 rings (SSSR count). The SMILES string of the molecule is CC1(C(=O)O)CCN(C(=O)C2Cc3ccccc3N2)CC1. The minimum absolute atomic E-state index is 0.0821. The van der Waals surface area contributed by atoms with Crippen LogP contribution in [0.3, 0.4) is 0 Å². The van der Waals surface area contributed by atoms with Crippen LogP contribution in [0.25, 0.3) is 0 Å². The van der Waals surface area contributed by atoms with Gasteiger partial charge in [-0.05, 0) is 31.4 Å². The van der Waals surface area contributed by atoms with Crippen LogP contribution >= 0.6 is 0 Å². The first kappa shape index (κ1) is 13.9. The van der Waals surface area contributed by atoms with E-state index in [4.69, 9.17) is 0 Å². The molecular weight excluding hydrogens is 268 g/mol. The first-order chi connectivity index (χ1) is 9.99. The van der Waals surface area contributed by atoms with Gasteiger partial charge < -0.3 is 15.3 Å². The van der Waals surface area contributed by atoms with Gasteiger partial charge in [0.25, 0.3) is 0 Å². The van der Waals surface area contributed by atoms with Crippen molar-refractivity contribution in [2.45, 2.75) is 32.2 Å². The number of carboxylic acid groups (broad SMARTS) is 1. The van der Waals surface area contributed by atoms with Crippen LogP contribution in [0.4, 0.5) is 5.69 Å². The van der Waals surface area contributed by atoms with Gasteiger partial charge in [-0.15, -0.1) is 0 Å². The van der Waals surface area contributed by atoms with Gasteiger partial charge in [0.15, 0.2) is 0 Å². The van der Waals surface area contributed by atoms with E-state index in [-0.39, 0.29) is 11.9 Å². The molecule has 5 heteroatoms. The molecule has 21 heavy (non-hydrogen) atoms. The first-order valence-electron chi connectivity index (χ1n) is 7.36. The molecule has 0 radical (unpaired) electrons. The van der Waals surface area contributed by atoms with Gasteiger partial charge in [0.05, 0.1) is 5.41 Å². The maximum absolute atomic E-state index is 12.6. The van der Waals surface area contributed by atoms with Crippen LogP contribution in [0.2, 0.25) is 0 Å². The molecular formula is C16H20N2O3. The fourth-order valence-electron chi connectivity index (χ4n) is 3.10. The topological polar surface area (TPSA) is 69.6 Å². The number of fused-ring (bicyclic) bond motifs is 1. The number of para-hydroxylation sites is 1. The molecule has 2 N–H and O–H groups in total. The molecule has 1 amide bonds. The van der Waals surface area contributed by atoms with Crippen molar-refractivity contribution in [3.8, 4) is 0 Å². The third kappa shape index (κ3) is 2.48. The molecule has 0 spiro atoms. The summed E-state index contributed by atoms with van der Waals surface area (Å²) in [4.78, 5) is 25.6. The van der Waals surface area contributed by atoms with Crippen molar-refractivity contribution >= 4 is 17.6 Å². The molecule has 112 valence electrons.